The predicted molar refractivity (Wildman–Crippen MR) is 26.5 cm³/mol. The van der Waals surface area contributed by atoms with Gasteiger partial charge in [-0.3, -0.25) is 0 Å². The van der Waals surface area contributed by atoms with Crippen LogP contribution in [0, 0.1) is 0 Å². The molecule has 1 aliphatic rings. The molecule has 0 spiro atoms. The number of rotatable bonds is 0. The molecule has 49 valence electrons. The second-order valence-electron chi connectivity index (χ2n) is 1.77. The van der Waals surface area contributed by atoms with Crippen molar-refractivity contribution in [3.05, 3.63) is 21.1 Å². The van der Waals surface area contributed by atoms with Crippen LogP contribution in [0.3, 0.4) is 0 Å². The van der Waals surface area contributed by atoms with Gasteiger partial charge < -0.3 is 48.0 Å². The Bertz CT molecular complexity index is 138. The van der Waals surface area contributed by atoms with Crippen molar-refractivity contribution in [1.29, 1.82) is 0 Å². The molecule has 0 aromatic rings. The fourth-order valence-corrected chi connectivity index (χ4v) is 1.34. The average Bonchev–Trinajstić information content (AvgIpc) is 1.91. The molecule has 1 rings (SSSR count). The van der Waals surface area contributed by atoms with Crippen LogP contribution in [0.5, 0.6) is 0 Å². The number of allylic oxidation sites excluding steroid dienone is 4. The van der Waals surface area contributed by atoms with Gasteiger partial charge in [-0.25, -0.2) is 0 Å². The fraction of sp³-hybridized carbons (Fsp3) is 0.333. The van der Waals surface area contributed by atoms with Gasteiger partial charge in [0.25, 0.3) is 0 Å². The molecule has 0 saturated heterocycles. The first-order valence-electron chi connectivity index (χ1n) is 2.38. The quantitative estimate of drug-likeness (QED) is 0.229. The molecule has 1 aliphatic carbocycles. The molecule has 0 nitrogen and oxygen atoms in total. The van der Waals surface area contributed by atoms with Gasteiger partial charge in [0.05, 0.1) is 0 Å². The summed E-state index contributed by atoms with van der Waals surface area (Å²) in [6.45, 7) is 2.19. The zero-order valence-electron chi connectivity index (χ0n) is 5.12. The minimum absolute atomic E-state index is 0. The van der Waals surface area contributed by atoms with Crippen LogP contribution in [-0.4, -0.2) is 0 Å². The molecular weight excluding hydrogens is 504 g/mol. The van der Waals surface area contributed by atoms with E-state index < -0.39 is 0 Å². The zero-order valence-corrected chi connectivity index (χ0v) is 13.0. The molecule has 0 unspecified atom stereocenters. The second kappa shape index (κ2) is 6.52. The molecule has 0 fully saturated rings. The molecule has 3 heteroatoms. The van der Waals surface area contributed by atoms with Crippen molar-refractivity contribution in [2.45, 2.75) is 13.3 Å². The smallest absolute Gasteiger partial charge is 1.00 e. The Morgan fingerprint density at radius 2 is 2.00 bits per heavy atom. The van der Waals surface area contributed by atoms with Crippen molar-refractivity contribution < 1.29 is 72.3 Å². The van der Waals surface area contributed by atoms with Crippen LogP contribution in [0.1, 0.15) is 13.3 Å². The van der Waals surface area contributed by atoms with E-state index in [9.17, 15) is 0 Å². The van der Waals surface area contributed by atoms with E-state index in [1.807, 2.05) is 0 Å². The third-order valence-electron chi connectivity index (χ3n) is 1.17. The van der Waals surface area contributed by atoms with Crippen molar-refractivity contribution in [2.24, 2.45) is 0 Å². The van der Waals surface area contributed by atoms with Crippen molar-refractivity contribution in [1.82, 2.24) is 0 Å². The molecule has 0 amide bonds. The number of halogens is 2. The van der Waals surface area contributed by atoms with Crippen LogP contribution >= 0.6 is 0 Å². The third-order valence-corrected chi connectivity index (χ3v) is 3.32. The minimum atomic E-state index is 0. The van der Waals surface area contributed by atoms with Gasteiger partial charge in [0.1, 0.15) is 0 Å². The first-order chi connectivity index (χ1) is 3.30. The van der Waals surface area contributed by atoms with E-state index in [-0.39, 0.29) is 48.0 Å². The molecule has 0 radical (unpaired) electrons. The molecule has 0 aromatic heterocycles. The van der Waals surface area contributed by atoms with Gasteiger partial charge in [-0.15, -0.1) is 0 Å². The van der Waals surface area contributed by atoms with E-state index in [2.05, 4.69) is 19.1 Å². The molecule has 0 aromatic carbocycles. The predicted octanol–water partition coefficient (Wildman–Crippen LogP) is -4.22. The van der Waals surface area contributed by atoms with Gasteiger partial charge in [0, 0.05) is 0 Å². The van der Waals surface area contributed by atoms with Gasteiger partial charge in [0.15, 0.2) is 0 Å². The summed E-state index contributed by atoms with van der Waals surface area (Å²) in [4.78, 5) is 0. The third kappa shape index (κ3) is 4.29. The first kappa shape index (κ1) is 13.4. The van der Waals surface area contributed by atoms with Gasteiger partial charge in [0.2, 0.25) is 0 Å². The molecule has 0 saturated carbocycles. The monoisotopic (exact) mass is 513 g/mol. The Morgan fingerprint density at radius 3 is 2.11 bits per heavy atom. The van der Waals surface area contributed by atoms with Crippen LogP contribution in [0.2, 0.25) is 0 Å². The van der Waals surface area contributed by atoms with E-state index in [1.54, 1.807) is 3.33 Å². The van der Waals surface area contributed by atoms with E-state index in [0.717, 1.165) is 0 Å². The van der Waals surface area contributed by atoms with Crippen molar-refractivity contribution >= 4 is 0 Å². The van der Waals surface area contributed by atoms with E-state index in [4.69, 9.17) is 0 Å². The van der Waals surface area contributed by atoms with Crippen LogP contribution in [-0.2, 0) is 24.4 Å². The summed E-state index contributed by atoms with van der Waals surface area (Å²) in [7, 11) is 0. The molecule has 0 N–H and O–H groups in total. The summed E-state index contributed by atoms with van der Waals surface area (Å²) in [5.41, 5.74) is 1.51. The van der Waals surface area contributed by atoms with Crippen molar-refractivity contribution in [2.75, 3.05) is 0 Å². The Labute approximate surface area is 105 Å². The molecular formula is C6H7HfI2. The van der Waals surface area contributed by atoms with Crippen molar-refractivity contribution in [3.63, 3.8) is 0 Å². The Kier molecular flexibility index (Phi) is 9.70. The fourth-order valence-electron chi connectivity index (χ4n) is 0.615. The molecule has 0 bridgehead atoms. The topological polar surface area (TPSA) is 0 Å². The van der Waals surface area contributed by atoms with Crippen molar-refractivity contribution in [3.8, 4) is 0 Å². The maximum Gasteiger partial charge on any atom is -1.00 e. The molecule has 9 heavy (non-hydrogen) atoms. The van der Waals surface area contributed by atoms with E-state index >= 15 is 0 Å². The van der Waals surface area contributed by atoms with Gasteiger partial charge in [-0.2, -0.15) is 0 Å². The van der Waals surface area contributed by atoms with Crippen LogP contribution < -0.4 is 48.0 Å². The Morgan fingerprint density at radius 1 is 1.44 bits per heavy atom. The van der Waals surface area contributed by atoms with Crippen LogP contribution in [0.15, 0.2) is 21.1 Å². The van der Waals surface area contributed by atoms with Gasteiger partial charge in [-0.05, 0) is 0 Å². The average molecular weight is 511 g/mol. The second-order valence-corrected chi connectivity index (χ2v) is 3.94. The van der Waals surface area contributed by atoms with E-state index in [0.29, 0.717) is 0 Å². The summed E-state index contributed by atoms with van der Waals surface area (Å²) in [5.74, 6) is 0. The molecule has 0 aliphatic heterocycles. The molecule has 0 atom stereocenters. The van der Waals surface area contributed by atoms with Gasteiger partial charge >= 0.3 is 58.8 Å². The minimum Gasteiger partial charge on any atom is -1.00 e. The maximum absolute atomic E-state index is 2.23. The van der Waals surface area contributed by atoms with E-state index in [1.165, 1.54) is 36.4 Å². The number of hydrogen-bond acceptors (Lipinski definition) is 0. The SMILES string of the molecule is CC1=[C]([Hf+2])CC=C1.[I-].[I-]. The van der Waals surface area contributed by atoms with Crippen LogP contribution in [0.25, 0.3) is 0 Å². The summed E-state index contributed by atoms with van der Waals surface area (Å²) >= 11 is 1.25. The normalized spacial score (nSPS) is 15.0. The standard InChI is InChI=1S/C6H7.Hf.2HI/c1-6-4-2-3-5-6;;;/h2,4H,3H2,1H3;;2*1H/q;+2;;/p-2. The summed E-state index contributed by atoms with van der Waals surface area (Å²) in [5, 5.41) is 0. The molecule has 0 heterocycles. The largest absolute Gasteiger partial charge is 1.00 e. The first-order valence-corrected chi connectivity index (χ1v) is 4.18. The summed E-state index contributed by atoms with van der Waals surface area (Å²) in [6, 6.07) is 0. The number of hydrogen-bond donors (Lipinski definition) is 0. The summed E-state index contributed by atoms with van der Waals surface area (Å²) in [6.07, 6.45) is 5.68. The Balaban J connectivity index is 0. The maximum atomic E-state index is 2.23. The summed E-state index contributed by atoms with van der Waals surface area (Å²) < 4.78 is 1.65. The zero-order chi connectivity index (χ0) is 5.28. The van der Waals surface area contributed by atoms with Crippen LogP contribution in [0.4, 0.5) is 0 Å². The Hall–Kier alpha value is 1.81. The van der Waals surface area contributed by atoms with Gasteiger partial charge in [-0.1, -0.05) is 0 Å².